The van der Waals surface area contributed by atoms with Crippen molar-refractivity contribution < 1.29 is 10.0 Å². The molecule has 20 heavy (non-hydrogen) atoms. The largest absolute Gasteiger partial charge is 0.390 e. The normalized spacial score (nSPS) is 17.2. The van der Waals surface area contributed by atoms with Gasteiger partial charge in [0, 0.05) is 31.3 Å². The maximum atomic E-state index is 10.9. The van der Waals surface area contributed by atoms with E-state index in [4.69, 9.17) is 0 Å². The number of para-hydroxylation sites is 1. The van der Waals surface area contributed by atoms with E-state index in [1.165, 1.54) is 18.9 Å². The number of benzene rings is 1. The Balaban J connectivity index is 1.76. The Labute approximate surface area is 118 Å². The zero-order chi connectivity index (χ0) is 14.4. The fraction of sp³-hybridized carbons (Fsp3) is 0.571. The van der Waals surface area contributed by atoms with E-state index in [9.17, 15) is 15.2 Å². The summed E-state index contributed by atoms with van der Waals surface area (Å²) in [4.78, 5) is 12.7. The summed E-state index contributed by atoms with van der Waals surface area (Å²) in [5.74, 6) is 0. The van der Waals surface area contributed by atoms with E-state index in [-0.39, 0.29) is 10.6 Å². The smallest absolute Gasteiger partial charge is 0.273 e. The van der Waals surface area contributed by atoms with Gasteiger partial charge in [0.25, 0.3) is 5.69 Å². The molecule has 1 saturated heterocycles. The van der Waals surface area contributed by atoms with Gasteiger partial charge in [-0.15, -0.1) is 0 Å². The number of likely N-dealkylation sites (tertiary alicyclic amines) is 1. The number of β-amino-alcohol motifs (C(OH)–C–C–N with tert-alkyl or cyclic N) is 1. The molecule has 1 heterocycles. The molecule has 1 aromatic carbocycles. The van der Waals surface area contributed by atoms with Gasteiger partial charge in [0.15, 0.2) is 0 Å². The summed E-state index contributed by atoms with van der Waals surface area (Å²) in [6, 6.07) is 6.67. The molecule has 1 unspecified atom stereocenters. The Bertz CT molecular complexity index is 447. The van der Waals surface area contributed by atoms with Crippen LogP contribution in [0.25, 0.3) is 0 Å². The third kappa shape index (κ3) is 4.26. The van der Waals surface area contributed by atoms with E-state index in [1.54, 1.807) is 18.2 Å². The molecule has 0 saturated carbocycles. The maximum Gasteiger partial charge on any atom is 0.273 e. The molecular weight excluding hydrogens is 258 g/mol. The van der Waals surface area contributed by atoms with Crippen molar-refractivity contribution in [3.05, 3.63) is 39.9 Å². The van der Waals surface area contributed by atoms with Crippen LogP contribution in [0.4, 0.5) is 5.69 Å². The van der Waals surface area contributed by atoms with Gasteiger partial charge in [0.1, 0.15) is 0 Å². The molecule has 0 radical (unpaired) electrons. The number of nitro benzene ring substituents is 1. The Morgan fingerprint density at radius 3 is 2.75 bits per heavy atom. The summed E-state index contributed by atoms with van der Waals surface area (Å²) in [7, 11) is 0. The molecule has 1 aromatic rings. The van der Waals surface area contributed by atoms with Gasteiger partial charge >= 0.3 is 0 Å². The topological polar surface area (TPSA) is 78.6 Å². The lowest BCUT2D eigenvalue weighted by Crippen LogP contribution is -2.36. The number of hydrogen-bond donors (Lipinski definition) is 2. The van der Waals surface area contributed by atoms with E-state index in [1.807, 2.05) is 0 Å². The number of nitrogens with one attached hydrogen (secondary N) is 1. The predicted octanol–water partition coefficient (Wildman–Crippen LogP) is 1.14. The van der Waals surface area contributed by atoms with Gasteiger partial charge in [0.2, 0.25) is 0 Å². The van der Waals surface area contributed by atoms with Crippen LogP contribution in [-0.4, -0.2) is 47.2 Å². The first-order valence-corrected chi connectivity index (χ1v) is 7.00. The minimum atomic E-state index is -0.434. The van der Waals surface area contributed by atoms with Crippen LogP contribution in [0.3, 0.4) is 0 Å². The fourth-order valence-corrected chi connectivity index (χ4v) is 2.54. The molecule has 0 bridgehead atoms. The quantitative estimate of drug-likeness (QED) is 0.578. The van der Waals surface area contributed by atoms with Crippen LogP contribution < -0.4 is 5.32 Å². The summed E-state index contributed by atoms with van der Waals surface area (Å²) < 4.78 is 0. The Morgan fingerprint density at radius 2 is 2.05 bits per heavy atom. The zero-order valence-electron chi connectivity index (χ0n) is 11.5. The maximum absolute atomic E-state index is 10.9. The lowest BCUT2D eigenvalue weighted by Gasteiger charge is -2.19. The second-order valence-electron chi connectivity index (χ2n) is 5.18. The molecule has 1 aliphatic heterocycles. The van der Waals surface area contributed by atoms with Crippen molar-refractivity contribution >= 4 is 5.69 Å². The highest BCUT2D eigenvalue weighted by molar-refractivity contribution is 5.39. The molecule has 110 valence electrons. The van der Waals surface area contributed by atoms with Crippen molar-refractivity contribution in [2.45, 2.75) is 25.5 Å². The fourth-order valence-electron chi connectivity index (χ4n) is 2.54. The van der Waals surface area contributed by atoms with E-state index >= 15 is 0 Å². The van der Waals surface area contributed by atoms with Crippen molar-refractivity contribution in [3.63, 3.8) is 0 Å². The number of aliphatic hydroxyl groups excluding tert-OH is 1. The van der Waals surface area contributed by atoms with Crippen molar-refractivity contribution in [3.8, 4) is 0 Å². The Morgan fingerprint density at radius 1 is 1.35 bits per heavy atom. The average Bonchev–Trinajstić information content (AvgIpc) is 2.92. The van der Waals surface area contributed by atoms with Crippen LogP contribution in [0.2, 0.25) is 0 Å². The molecule has 6 heteroatoms. The van der Waals surface area contributed by atoms with Gasteiger partial charge in [-0.2, -0.15) is 0 Å². The Kier molecular flexibility index (Phi) is 5.46. The van der Waals surface area contributed by atoms with E-state index in [2.05, 4.69) is 10.2 Å². The van der Waals surface area contributed by atoms with Gasteiger partial charge < -0.3 is 15.3 Å². The SMILES string of the molecule is O=[N+]([O-])c1ccccc1CNCC(O)CN1CCCC1. The highest BCUT2D eigenvalue weighted by Gasteiger charge is 2.16. The lowest BCUT2D eigenvalue weighted by atomic mass is 10.2. The van der Waals surface area contributed by atoms with Crippen molar-refractivity contribution in [2.24, 2.45) is 0 Å². The van der Waals surface area contributed by atoms with Crippen LogP contribution >= 0.6 is 0 Å². The van der Waals surface area contributed by atoms with E-state index in [0.717, 1.165) is 13.1 Å². The molecule has 0 spiro atoms. The lowest BCUT2D eigenvalue weighted by molar-refractivity contribution is -0.385. The van der Waals surface area contributed by atoms with Crippen LogP contribution in [0.5, 0.6) is 0 Å². The Hall–Kier alpha value is -1.50. The summed E-state index contributed by atoms with van der Waals surface area (Å²) >= 11 is 0. The molecule has 2 N–H and O–H groups in total. The van der Waals surface area contributed by atoms with Gasteiger partial charge in [-0.1, -0.05) is 18.2 Å². The van der Waals surface area contributed by atoms with E-state index in [0.29, 0.717) is 25.2 Å². The molecule has 1 atom stereocenters. The van der Waals surface area contributed by atoms with Crippen LogP contribution in [0.15, 0.2) is 24.3 Å². The van der Waals surface area contributed by atoms with Crippen LogP contribution in [0.1, 0.15) is 18.4 Å². The molecular formula is C14H21N3O3. The van der Waals surface area contributed by atoms with Crippen molar-refractivity contribution in [2.75, 3.05) is 26.2 Å². The molecule has 0 aromatic heterocycles. The highest BCUT2D eigenvalue weighted by atomic mass is 16.6. The zero-order valence-corrected chi connectivity index (χ0v) is 11.5. The third-order valence-corrected chi connectivity index (χ3v) is 3.55. The highest BCUT2D eigenvalue weighted by Crippen LogP contribution is 2.17. The van der Waals surface area contributed by atoms with Gasteiger partial charge in [0.05, 0.1) is 11.0 Å². The number of rotatable bonds is 7. The molecule has 0 aliphatic carbocycles. The van der Waals surface area contributed by atoms with E-state index < -0.39 is 6.10 Å². The summed E-state index contributed by atoms with van der Waals surface area (Å²) in [5.41, 5.74) is 0.764. The van der Waals surface area contributed by atoms with Gasteiger partial charge in [-0.3, -0.25) is 10.1 Å². The number of nitrogens with zero attached hydrogens (tertiary/aromatic N) is 2. The number of hydrogen-bond acceptors (Lipinski definition) is 5. The minimum absolute atomic E-state index is 0.119. The summed E-state index contributed by atoms with van der Waals surface area (Å²) in [6.07, 6.45) is 1.98. The minimum Gasteiger partial charge on any atom is -0.390 e. The van der Waals surface area contributed by atoms with Gasteiger partial charge in [-0.25, -0.2) is 0 Å². The average molecular weight is 279 g/mol. The monoisotopic (exact) mass is 279 g/mol. The first kappa shape index (κ1) is 14.9. The van der Waals surface area contributed by atoms with Crippen molar-refractivity contribution in [1.82, 2.24) is 10.2 Å². The molecule has 1 aliphatic rings. The first-order valence-electron chi connectivity index (χ1n) is 7.00. The summed E-state index contributed by atoms with van der Waals surface area (Å²) in [5, 5.41) is 23.9. The third-order valence-electron chi connectivity index (χ3n) is 3.55. The van der Waals surface area contributed by atoms with Crippen LogP contribution in [-0.2, 0) is 6.54 Å². The van der Waals surface area contributed by atoms with Gasteiger partial charge in [-0.05, 0) is 25.9 Å². The molecule has 1 fully saturated rings. The number of aliphatic hydroxyl groups is 1. The second-order valence-corrected chi connectivity index (χ2v) is 5.18. The molecule has 0 amide bonds. The first-order chi connectivity index (χ1) is 9.66. The van der Waals surface area contributed by atoms with Crippen LogP contribution in [0, 0.1) is 10.1 Å². The standard InChI is InChI=1S/C14H21N3O3/c18-13(11-16-7-3-4-8-16)10-15-9-12-5-1-2-6-14(12)17(19)20/h1-2,5-6,13,15,18H,3-4,7-11H2. The second kappa shape index (κ2) is 7.33. The summed E-state index contributed by atoms with van der Waals surface area (Å²) in [6.45, 7) is 3.63. The molecule has 6 nitrogen and oxygen atoms in total. The van der Waals surface area contributed by atoms with Crippen molar-refractivity contribution in [1.29, 1.82) is 0 Å². The predicted molar refractivity (Wildman–Crippen MR) is 76.5 cm³/mol. The number of nitro groups is 1. The molecule has 2 rings (SSSR count).